The van der Waals surface area contributed by atoms with Crippen LogP contribution in [0.15, 0.2) is 40.9 Å². The molecule has 21 heavy (non-hydrogen) atoms. The number of nitrogens with one attached hydrogen (secondary N) is 1. The van der Waals surface area contributed by atoms with Crippen LogP contribution >= 0.6 is 15.9 Å². The molecule has 0 saturated heterocycles. The molecular weight excluding hydrogens is 330 g/mol. The molecule has 0 spiro atoms. The monoisotopic (exact) mass is 347 g/mol. The van der Waals surface area contributed by atoms with E-state index in [1.54, 1.807) is 0 Å². The Bertz CT molecular complexity index is 643. The quantitative estimate of drug-likeness (QED) is 0.911. The molecule has 3 rings (SSSR count). The molecule has 0 atom stereocenters. The molecule has 1 heterocycles. The first kappa shape index (κ1) is 14.4. The number of hydrogen-bond acceptors (Lipinski definition) is 3. The van der Waals surface area contributed by atoms with Gasteiger partial charge in [0.05, 0.1) is 0 Å². The van der Waals surface area contributed by atoms with Gasteiger partial charge in [-0.05, 0) is 41.8 Å². The highest BCUT2D eigenvalue weighted by Gasteiger charge is 2.11. The third kappa shape index (κ3) is 3.57. The predicted molar refractivity (Wildman–Crippen MR) is 86.9 cm³/mol. The largest absolute Gasteiger partial charge is 0.486 e. The average molecular weight is 348 g/mol. The maximum Gasteiger partial charge on any atom is 0.161 e. The van der Waals surface area contributed by atoms with Gasteiger partial charge in [0, 0.05) is 17.6 Å². The first-order chi connectivity index (χ1) is 10.2. The van der Waals surface area contributed by atoms with Gasteiger partial charge in [0.25, 0.3) is 0 Å². The topological polar surface area (TPSA) is 30.5 Å². The van der Waals surface area contributed by atoms with Crippen LogP contribution in [0.25, 0.3) is 0 Å². The van der Waals surface area contributed by atoms with Crippen LogP contribution in [0.5, 0.6) is 11.5 Å². The molecule has 0 bridgehead atoms. The van der Waals surface area contributed by atoms with Crippen LogP contribution in [0, 0.1) is 6.92 Å². The lowest BCUT2D eigenvalue weighted by molar-refractivity contribution is 0.171. The molecular formula is C17H18BrNO2. The molecule has 1 aliphatic heterocycles. The molecule has 0 aliphatic carbocycles. The van der Waals surface area contributed by atoms with Crippen molar-refractivity contribution in [1.82, 2.24) is 5.32 Å². The zero-order valence-corrected chi connectivity index (χ0v) is 13.6. The summed E-state index contributed by atoms with van der Waals surface area (Å²) in [6, 6.07) is 12.5. The van der Waals surface area contributed by atoms with E-state index in [0.717, 1.165) is 29.1 Å². The molecule has 1 N–H and O–H groups in total. The molecule has 0 saturated carbocycles. The molecule has 0 aromatic heterocycles. The minimum atomic E-state index is 0.627. The van der Waals surface area contributed by atoms with Gasteiger partial charge >= 0.3 is 0 Å². The van der Waals surface area contributed by atoms with Gasteiger partial charge in [0.15, 0.2) is 11.5 Å². The molecule has 2 aromatic rings. The van der Waals surface area contributed by atoms with Crippen molar-refractivity contribution in [2.75, 3.05) is 13.2 Å². The maximum atomic E-state index is 5.60. The fraction of sp³-hybridized carbons (Fsp3) is 0.294. The highest BCUT2D eigenvalue weighted by atomic mass is 79.9. The highest BCUT2D eigenvalue weighted by Crippen LogP contribution is 2.30. The summed E-state index contributed by atoms with van der Waals surface area (Å²) >= 11 is 3.52. The molecule has 1 aliphatic rings. The Labute approximate surface area is 133 Å². The molecule has 4 heteroatoms. The second-order valence-electron chi connectivity index (χ2n) is 5.17. The van der Waals surface area contributed by atoms with Gasteiger partial charge < -0.3 is 14.8 Å². The zero-order valence-electron chi connectivity index (χ0n) is 12.0. The van der Waals surface area contributed by atoms with Crippen LogP contribution in [-0.4, -0.2) is 13.2 Å². The lowest BCUT2D eigenvalue weighted by Gasteiger charge is -2.19. The Balaban J connectivity index is 1.58. The van der Waals surface area contributed by atoms with Crippen LogP contribution in [0.1, 0.15) is 16.7 Å². The van der Waals surface area contributed by atoms with E-state index in [0.29, 0.717) is 13.2 Å². The lowest BCUT2D eigenvalue weighted by atomic mass is 10.1. The fourth-order valence-corrected chi connectivity index (χ4v) is 2.61. The minimum absolute atomic E-state index is 0.627. The van der Waals surface area contributed by atoms with Gasteiger partial charge in [-0.3, -0.25) is 0 Å². The standard InChI is InChI=1S/C17H18BrNO2/c1-12-8-13(2-4-15(12)18)10-19-11-14-3-5-16-17(9-14)21-7-6-20-16/h2-5,8-9,19H,6-7,10-11H2,1H3. The number of benzene rings is 2. The van der Waals surface area contributed by atoms with Crippen molar-refractivity contribution < 1.29 is 9.47 Å². The first-order valence-corrected chi connectivity index (χ1v) is 7.86. The van der Waals surface area contributed by atoms with E-state index in [1.807, 2.05) is 12.1 Å². The van der Waals surface area contributed by atoms with Crippen molar-refractivity contribution in [1.29, 1.82) is 0 Å². The number of halogens is 1. The molecule has 2 aromatic carbocycles. The summed E-state index contributed by atoms with van der Waals surface area (Å²) in [5.74, 6) is 1.69. The number of rotatable bonds is 4. The van der Waals surface area contributed by atoms with E-state index >= 15 is 0 Å². The zero-order chi connectivity index (χ0) is 14.7. The predicted octanol–water partition coefficient (Wildman–Crippen LogP) is 3.82. The second kappa shape index (κ2) is 6.50. The van der Waals surface area contributed by atoms with Crippen LogP contribution in [0.2, 0.25) is 0 Å². The smallest absolute Gasteiger partial charge is 0.161 e. The van der Waals surface area contributed by atoms with Gasteiger partial charge in [0.1, 0.15) is 13.2 Å². The third-order valence-electron chi connectivity index (χ3n) is 3.49. The van der Waals surface area contributed by atoms with Crippen molar-refractivity contribution in [3.05, 3.63) is 57.6 Å². The normalized spacial score (nSPS) is 13.2. The van der Waals surface area contributed by atoms with E-state index < -0.39 is 0 Å². The fourth-order valence-electron chi connectivity index (χ4n) is 2.37. The summed E-state index contributed by atoms with van der Waals surface area (Å²) in [4.78, 5) is 0. The Hall–Kier alpha value is -1.52. The summed E-state index contributed by atoms with van der Waals surface area (Å²) < 4.78 is 12.3. The summed E-state index contributed by atoms with van der Waals surface area (Å²) in [6.45, 7) is 5.03. The molecule has 0 radical (unpaired) electrons. The van der Waals surface area contributed by atoms with Gasteiger partial charge in [-0.1, -0.05) is 34.1 Å². The number of aryl methyl sites for hydroxylation is 1. The highest BCUT2D eigenvalue weighted by molar-refractivity contribution is 9.10. The molecule has 0 amide bonds. The Kier molecular flexibility index (Phi) is 4.46. The van der Waals surface area contributed by atoms with Crippen LogP contribution < -0.4 is 14.8 Å². The van der Waals surface area contributed by atoms with Gasteiger partial charge in [-0.25, -0.2) is 0 Å². The minimum Gasteiger partial charge on any atom is -0.486 e. The van der Waals surface area contributed by atoms with Crippen LogP contribution in [0.3, 0.4) is 0 Å². The lowest BCUT2D eigenvalue weighted by Crippen LogP contribution is -2.16. The second-order valence-corrected chi connectivity index (χ2v) is 6.02. The third-order valence-corrected chi connectivity index (χ3v) is 4.38. The van der Waals surface area contributed by atoms with Crippen molar-refractivity contribution in [3.63, 3.8) is 0 Å². The molecule has 3 nitrogen and oxygen atoms in total. The molecule has 110 valence electrons. The Morgan fingerprint density at radius 1 is 0.952 bits per heavy atom. The Morgan fingerprint density at radius 3 is 2.38 bits per heavy atom. The van der Waals surface area contributed by atoms with Gasteiger partial charge in [0.2, 0.25) is 0 Å². The van der Waals surface area contributed by atoms with Crippen LogP contribution in [0.4, 0.5) is 0 Å². The SMILES string of the molecule is Cc1cc(CNCc2ccc3c(c2)OCCO3)ccc1Br. The van der Waals surface area contributed by atoms with E-state index in [-0.39, 0.29) is 0 Å². The van der Waals surface area contributed by atoms with E-state index in [9.17, 15) is 0 Å². The van der Waals surface area contributed by atoms with Crippen molar-refractivity contribution in [3.8, 4) is 11.5 Å². The van der Waals surface area contributed by atoms with E-state index in [4.69, 9.17) is 9.47 Å². The summed E-state index contributed by atoms with van der Waals surface area (Å²) in [5, 5.41) is 3.46. The average Bonchev–Trinajstić information content (AvgIpc) is 2.51. The van der Waals surface area contributed by atoms with E-state index in [1.165, 1.54) is 16.7 Å². The summed E-state index contributed by atoms with van der Waals surface area (Å²) in [7, 11) is 0. The van der Waals surface area contributed by atoms with Gasteiger partial charge in [-0.2, -0.15) is 0 Å². The van der Waals surface area contributed by atoms with Crippen LogP contribution in [-0.2, 0) is 13.1 Å². The summed E-state index contributed by atoms with van der Waals surface area (Å²) in [6.07, 6.45) is 0. The van der Waals surface area contributed by atoms with Crippen molar-refractivity contribution >= 4 is 15.9 Å². The maximum absolute atomic E-state index is 5.60. The Morgan fingerprint density at radius 2 is 1.62 bits per heavy atom. The summed E-state index contributed by atoms with van der Waals surface area (Å²) in [5.41, 5.74) is 3.75. The molecule has 0 fully saturated rings. The molecule has 0 unspecified atom stereocenters. The number of fused-ring (bicyclic) bond motifs is 1. The first-order valence-electron chi connectivity index (χ1n) is 7.06. The van der Waals surface area contributed by atoms with Crippen molar-refractivity contribution in [2.45, 2.75) is 20.0 Å². The number of hydrogen-bond donors (Lipinski definition) is 1. The van der Waals surface area contributed by atoms with E-state index in [2.05, 4.69) is 52.4 Å². The number of ether oxygens (including phenoxy) is 2. The van der Waals surface area contributed by atoms with Crippen molar-refractivity contribution in [2.24, 2.45) is 0 Å². The van der Waals surface area contributed by atoms with Gasteiger partial charge in [-0.15, -0.1) is 0 Å².